The second kappa shape index (κ2) is 11.5. The molecule has 2 bridgehead atoms. The number of carbonyl (C=O) groups is 2. The number of hydrogen-bond acceptors (Lipinski definition) is 5. The standard InChI is InChI=1S/C30H34N4O3/c1-33-11-12-34(29(35)17-22-5-2-3-6-22)13-14-37-28-10-9-24(27-19-31-21-32-20-27)18-26(28)16-23-7-4-8-25(15-23)30(33)36/h4,7-10,15,18-22H,2-3,5-6,11-14,16-17H2,1H3. The zero-order valence-corrected chi connectivity index (χ0v) is 21.4. The lowest BCUT2D eigenvalue weighted by Crippen LogP contribution is -2.41. The highest BCUT2D eigenvalue weighted by Gasteiger charge is 2.23. The molecule has 1 aliphatic carbocycles. The van der Waals surface area contributed by atoms with Crippen LogP contribution in [0.1, 0.15) is 53.6 Å². The van der Waals surface area contributed by atoms with Gasteiger partial charge < -0.3 is 14.5 Å². The molecule has 5 rings (SSSR count). The molecule has 37 heavy (non-hydrogen) atoms. The normalized spacial score (nSPS) is 17.2. The number of ether oxygens (including phenoxy) is 1. The molecular weight excluding hydrogens is 464 g/mol. The van der Waals surface area contributed by atoms with E-state index in [0.29, 0.717) is 50.6 Å². The fourth-order valence-corrected chi connectivity index (χ4v) is 5.33. The maximum Gasteiger partial charge on any atom is 0.253 e. The number of nitrogens with zero attached hydrogens (tertiary/aromatic N) is 4. The molecule has 2 heterocycles. The smallest absolute Gasteiger partial charge is 0.253 e. The van der Waals surface area contributed by atoms with Crippen molar-refractivity contribution in [2.75, 3.05) is 33.3 Å². The number of hydrogen-bond donors (Lipinski definition) is 0. The summed E-state index contributed by atoms with van der Waals surface area (Å²) >= 11 is 0. The Balaban J connectivity index is 1.44. The topological polar surface area (TPSA) is 75.6 Å². The van der Waals surface area contributed by atoms with Gasteiger partial charge in [0.1, 0.15) is 18.7 Å². The van der Waals surface area contributed by atoms with Gasteiger partial charge in [-0.1, -0.05) is 31.0 Å². The lowest BCUT2D eigenvalue weighted by molar-refractivity contribution is -0.132. The van der Waals surface area contributed by atoms with Crippen molar-refractivity contribution in [1.29, 1.82) is 0 Å². The number of fused-ring (bicyclic) bond motifs is 3. The van der Waals surface area contributed by atoms with Crippen LogP contribution >= 0.6 is 0 Å². The van der Waals surface area contributed by atoms with Gasteiger partial charge in [-0.3, -0.25) is 9.59 Å². The molecule has 2 aromatic carbocycles. The Hall–Kier alpha value is -3.74. The number of likely N-dealkylation sites (N-methyl/N-ethyl adjacent to an activating group) is 1. The molecule has 7 heteroatoms. The van der Waals surface area contributed by atoms with Crippen molar-refractivity contribution in [1.82, 2.24) is 19.8 Å². The highest BCUT2D eigenvalue weighted by molar-refractivity contribution is 5.94. The predicted octanol–water partition coefficient (Wildman–Crippen LogP) is 4.61. The van der Waals surface area contributed by atoms with Gasteiger partial charge in [0.2, 0.25) is 5.91 Å². The Morgan fingerprint density at radius 2 is 1.78 bits per heavy atom. The van der Waals surface area contributed by atoms with Gasteiger partial charge in [-0.15, -0.1) is 0 Å². The molecule has 0 saturated heterocycles. The van der Waals surface area contributed by atoms with Crippen molar-refractivity contribution in [3.63, 3.8) is 0 Å². The summed E-state index contributed by atoms with van der Waals surface area (Å²) in [5.41, 5.74) is 4.63. The summed E-state index contributed by atoms with van der Waals surface area (Å²) in [5.74, 6) is 1.39. The fourth-order valence-electron chi connectivity index (χ4n) is 5.33. The van der Waals surface area contributed by atoms with Crippen LogP contribution in [0.3, 0.4) is 0 Å². The molecule has 3 aromatic rings. The highest BCUT2D eigenvalue weighted by Crippen LogP contribution is 2.30. The molecule has 0 N–H and O–H groups in total. The average Bonchev–Trinajstić information content (AvgIpc) is 3.44. The highest BCUT2D eigenvalue weighted by atomic mass is 16.5. The van der Waals surface area contributed by atoms with Crippen LogP contribution in [0.15, 0.2) is 61.2 Å². The molecule has 2 amide bonds. The second-order valence-corrected chi connectivity index (χ2v) is 10.1. The molecule has 7 nitrogen and oxygen atoms in total. The van der Waals surface area contributed by atoms with Crippen LogP contribution in [0.25, 0.3) is 11.1 Å². The molecule has 1 aromatic heterocycles. The van der Waals surface area contributed by atoms with E-state index < -0.39 is 0 Å². The lowest BCUT2D eigenvalue weighted by Gasteiger charge is -2.27. The second-order valence-electron chi connectivity index (χ2n) is 10.1. The van der Waals surface area contributed by atoms with E-state index >= 15 is 0 Å². The van der Waals surface area contributed by atoms with Crippen LogP contribution in [0.4, 0.5) is 0 Å². The zero-order chi connectivity index (χ0) is 25.6. The molecule has 0 spiro atoms. The van der Waals surface area contributed by atoms with Crippen molar-refractivity contribution in [3.8, 4) is 16.9 Å². The summed E-state index contributed by atoms with van der Waals surface area (Å²) in [5, 5.41) is 0. The Kier molecular flexibility index (Phi) is 7.78. The Morgan fingerprint density at radius 1 is 0.973 bits per heavy atom. The molecule has 192 valence electrons. The van der Waals surface area contributed by atoms with E-state index in [0.717, 1.165) is 40.8 Å². The Morgan fingerprint density at radius 3 is 2.59 bits per heavy atom. The van der Waals surface area contributed by atoms with E-state index in [4.69, 9.17) is 4.74 Å². The van der Waals surface area contributed by atoms with Gasteiger partial charge in [0, 0.05) is 56.5 Å². The van der Waals surface area contributed by atoms with Crippen LogP contribution in [0.2, 0.25) is 0 Å². The monoisotopic (exact) mass is 498 g/mol. The molecule has 1 saturated carbocycles. The maximum atomic E-state index is 13.2. The number of amides is 2. The first kappa shape index (κ1) is 24.9. The quantitative estimate of drug-likeness (QED) is 0.527. The van der Waals surface area contributed by atoms with Crippen LogP contribution in [-0.4, -0.2) is 64.9 Å². The number of aromatic nitrogens is 2. The van der Waals surface area contributed by atoms with Gasteiger partial charge >= 0.3 is 0 Å². The lowest BCUT2D eigenvalue weighted by atomic mass is 9.98. The van der Waals surface area contributed by atoms with Crippen LogP contribution < -0.4 is 4.74 Å². The third-order valence-electron chi connectivity index (χ3n) is 7.48. The van der Waals surface area contributed by atoms with Gasteiger partial charge in [0.15, 0.2) is 0 Å². The first-order valence-electron chi connectivity index (χ1n) is 13.2. The largest absolute Gasteiger partial charge is 0.491 e. The number of carbonyl (C=O) groups excluding carboxylic acids is 2. The summed E-state index contributed by atoms with van der Waals surface area (Å²) in [7, 11) is 1.81. The van der Waals surface area contributed by atoms with Crippen LogP contribution in [0, 0.1) is 5.92 Å². The van der Waals surface area contributed by atoms with Crippen molar-refractivity contribution in [2.24, 2.45) is 5.92 Å². The minimum absolute atomic E-state index is 0.0336. The average molecular weight is 499 g/mol. The summed E-state index contributed by atoms with van der Waals surface area (Å²) in [4.78, 5) is 38.3. The first-order valence-corrected chi connectivity index (χ1v) is 13.2. The maximum absolute atomic E-state index is 13.2. The molecule has 1 fully saturated rings. The molecular formula is C30H34N4O3. The van der Waals surface area contributed by atoms with Crippen molar-refractivity contribution >= 4 is 11.8 Å². The molecule has 1 aliphatic heterocycles. The van der Waals surface area contributed by atoms with Crippen LogP contribution in [-0.2, 0) is 11.2 Å². The van der Waals surface area contributed by atoms with Gasteiger partial charge in [-0.05, 0) is 59.7 Å². The van der Waals surface area contributed by atoms with Crippen molar-refractivity contribution < 1.29 is 14.3 Å². The summed E-state index contributed by atoms with van der Waals surface area (Å²) in [6, 6.07) is 13.9. The first-order chi connectivity index (χ1) is 18.1. The molecule has 0 unspecified atom stereocenters. The Bertz CT molecular complexity index is 1240. The number of benzene rings is 2. The predicted molar refractivity (Wildman–Crippen MR) is 142 cm³/mol. The Labute approximate surface area is 218 Å². The van der Waals surface area contributed by atoms with Gasteiger partial charge in [-0.2, -0.15) is 0 Å². The fraction of sp³-hybridized carbons (Fsp3) is 0.400. The third-order valence-corrected chi connectivity index (χ3v) is 7.48. The van der Waals surface area contributed by atoms with Crippen molar-refractivity contribution in [2.45, 2.75) is 38.5 Å². The molecule has 0 radical (unpaired) electrons. The van der Waals surface area contributed by atoms with Gasteiger partial charge in [-0.25, -0.2) is 9.97 Å². The molecule has 0 atom stereocenters. The summed E-state index contributed by atoms with van der Waals surface area (Å²) < 4.78 is 6.29. The van der Waals surface area contributed by atoms with E-state index in [2.05, 4.69) is 16.0 Å². The third kappa shape index (κ3) is 6.16. The van der Waals surface area contributed by atoms with Gasteiger partial charge in [0.25, 0.3) is 5.91 Å². The van der Waals surface area contributed by atoms with E-state index in [-0.39, 0.29) is 11.8 Å². The van der Waals surface area contributed by atoms with E-state index in [9.17, 15) is 9.59 Å². The van der Waals surface area contributed by atoms with Crippen LogP contribution in [0.5, 0.6) is 5.75 Å². The zero-order valence-electron chi connectivity index (χ0n) is 21.4. The minimum Gasteiger partial charge on any atom is -0.491 e. The summed E-state index contributed by atoms with van der Waals surface area (Å²) in [6.07, 6.45) is 11.0. The van der Waals surface area contributed by atoms with Gasteiger partial charge in [0.05, 0.1) is 6.54 Å². The SMILES string of the molecule is CN1CCN(C(=O)CC2CCCC2)CCOc2ccc(-c3cncnc3)cc2Cc2cccc(c2)C1=O. The van der Waals surface area contributed by atoms with Crippen molar-refractivity contribution in [3.05, 3.63) is 77.9 Å². The number of rotatable bonds is 3. The van der Waals surface area contributed by atoms with E-state index in [1.54, 1.807) is 24.3 Å². The van der Waals surface area contributed by atoms with E-state index in [1.807, 2.05) is 41.3 Å². The summed E-state index contributed by atoms with van der Waals surface area (Å²) in [6.45, 7) is 1.87. The van der Waals surface area contributed by atoms with E-state index in [1.165, 1.54) is 19.2 Å². The molecule has 2 aliphatic rings. The minimum atomic E-state index is -0.0336.